The van der Waals surface area contributed by atoms with Crippen LogP contribution in [0.1, 0.15) is 32.3 Å². The molecule has 128 valence electrons. The fourth-order valence-electron chi connectivity index (χ4n) is 2.79. The predicted octanol–water partition coefficient (Wildman–Crippen LogP) is 2.17. The largest absolute Gasteiger partial charge is 0.356 e. The molecule has 1 aliphatic heterocycles. The zero-order chi connectivity index (χ0) is 17.0. The van der Waals surface area contributed by atoms with E-state index in [4.69, 9.17) is 0 Å². The Morgan fingerprint density at radius 2 is 1.87 bits per heavy atom. The summed E-state index contributed by atoms with van der Waals surface area (Å²) in [5.74, 6) is 0.379. The van der Waals surface area contributed by atoms with Crippen LogP contribution in [0.2, 0.25) is 0 Å². The van der Waals surface area contributed by atoms with Crippen LogP contribution in [0.3, 0.4) is 0 Å². The van der Waals surface area contributed by atoms with Crippen molar-refractivity contribution in [3.63, 3.8) is 0 Å². The Labute approximate surface area is 139 Å². The van der Waals surface area contributed by atoms with E-state index in [2.05, 4.69) is 19.2 Å². The smallest absolute Gasteiger partial charge is 0.243 e. The Bertz CT molecular complexity index is 648. The molecule has 0 bridgehead atoms. The third kappa shape index (κ3) is 4.32. The van der Waals surface area contributed by atoms with Crippen LogP contribution in [0, 0.1) is 18.8 Å². The Kier molecular flexibility index (Phi) is 5.81. The summed E-state index contributed by atoms with van der Waals surface area (Å²) in [4.78, 5) is 12.5. The zero-order valence-electron chi connectivity index (χ0n) is 14.1. The van der Waals surface area contributed by atoms with E-state index in [0.717, 1.165) is 5.56 Å². The van der Waals surface area contributed by atoms with Gasteiger partial charge in [-0.25, -0.2) is 8.42 Å². The molecule has 0 spiro atoms. The molecule has 1 N–H and O–H groups in total. The van der Waals surface area contributed by atoms with Crippen molar-refractivity contribution in [2.24, 2.45) is 11.8 Å². The summed E-state index contributed by atoms with van der Waals surface area (Å²) in [6, 6.07) is 7.02. The van der Waals surface area contributed by atoms with Crippen LogP contribution in [0.25, 0.3) is 0 Å². The summed E-state index contributed by atoms with van der Waals surface area (Å²) >= 11 is 0. The first kappa shape index (κ1) is 17.9. The Hall–Kier alpha value is -1.40. The standard InChI is InChI=1S/C17H26N2O3S/c1-13(2)12-18-17(20)15-8-10-19(11-9-15)23(21,22)16-7-5-4-6-14(16)3/h4-7,13,15H,8-12H2,1-3H3,(H,18,20). The number of piperidine rings is 1. The first-order valence-electron chi connectivity index (χ1n) is 8.16. The van der Waals surface area contributed by atoms with Crippen molar-refractivity contribution < 1.29 is 13.2 Å². The maximum Gasteiger partial charge on any atom is 0.243 e. The maximum atomic E-state index is 12.7. The van der Waals surface area contributed by atoms with Gasteiger partial charge < -0.3 is 5.32 Å². The summed E-state index contributed by atoms with van der Waals surface area (Å²) in [5, 5.41) is 2.94. The molecule has 1 aliphatic rings. The van der Waals surface area contributed by atoms with Crippen molar-refractivity contribution in [1.82, 2.24) is 9.62 Å². The molecule has 1 heterocycles. The fourth-order valence-corrected chi connectivity index (χ4v) is 4.49. The SMILES string of the molecule is Cc1ccccc1S(=O)(=O)N1CCC(C(=O)NCC(C)C)CC1. The molecule has 1 aromatic carbocycles. The monoisotopic (exact) mass is 338 g/mol. The molecule has 1 saturated heterocycles. The van der Waals surface area contributed by atoms with Crippen molar-refractivity contribution in [3.05, 3.63) is 29.8 Å². The summed E-state index contributed by atoms with van der Waals surface area (Å²) in [6.45, 7) is 7.38. The lowest BCUT2D eigenvalue weighted by atomic mass is 9.97. The van der Waals surface area contributed by atoms with Crippen molar-refractivity contribution in [2.45, 2.75) is 38.5 Å². The van der Waals surface area contributed by atoms with Gasteiger partial charge >= 0.3 is 0 Å². The Morgan fingerprint density at radius 3 is 2.43 bits per heavy atom. The van der Waals surface area contributed by atoms with Gasteiger partial charge in [0, 0.05) is 25.6 Å². The van der Waals surface area contributed by atoms with Gasteiger partial charge in [0.1, 0.15) is 0 Å². The van der Waals surface area contributed by atoms with E-state index in [1.807, 2.05) is 6.07 Å². The lowest BCUT2D eigenvalue weighted by Crippen LogP contribution is -2.43. The average Bonchev–Trinajstić information content (AvgIpc) is 2.53. The number of sulfonamides is 1. The highest BCUT2D eigenvalue weighted by molar-refractivity contribution is 7.89. The number of nitrogens with zero attached hydrogens (tertiary/aromatic N) is 1. The highest BCUT2D eigenvalue weighted by atomic mass is 32.2. The quantitative estimate of drug-likeness (QED) is 0.895. The van der Waals surface area contributed by atoms with Crippen molar-refractivity contribution in [2.75, 3.05) is 19.6 Å². The first-order valence-corrected chi connectivity index (χ1v) is 9.60. The lowest BCUT2D eigenvalue weighted by Gasteiger charge is -2.31. The molecular weight excluding hydrogens is 312 g/mol. The van der Waals surface area contributed by atoms with E-state index in [1.54, 1.807) is 25.1 Å². The van der Waals surface area contributed by atoms with Gasteiger partial charge in [0.25, 0.3) is 0 Å². The minimum atomic E-state index is -3.47. The molecule has 6 heteroatoms. The van der Waals surface area contributed by atoms with E-state index in [9.17, 15) is 13.2 Å². The van der Waals surface area contributed by atoms with Gasteiger partial charge in [0.05, 0.1) is 4.90 Å². The summed E-state index contributed by atoms with van der Waals surface area (Å²) < 4.78 is 27.0. The van der Waals surface area contributed by atoms with Crippen molar-refractivity contribution in [1.29, 1.82) is 0 Å². The van der Waals surface area contributed by atoms with Crippen LogP contribution < -0.4 is 5.32 Å². The second kappa shape index (κ2) is 7.45. The first-order chi connectivity index (χ1) is 10.8. The Morgan fingerprint density at radius 1 is 1.26 bits per heavy atom. The number of carbonyl (C=O) groups excluding carboxylic acids is 1. The van der Waals surface area contributed by atoms with Gasteiger partial charge in [-0.15, -0.1) is 0 Å². The number of carbonyl (C=O) groups is 1. The molecule has 0 radical (unpaired) electrons. The number of benzene rings is 1. The van der Waals surface area contributed by atoms with Crippen molar-refractivity contribution >= 4 is 15.9 Å². The van der Waals surface area contributed by atoms with Gasteiger partial charge in [-0.3, -0.25) is 4.79 Å². The summed E-state index contributed by atoms with van der Waals surface area (Å²) in [7, 11) is -3.47. The van der Waals surface area contributed by atoms with Crippen LogP contribution in [-0.4, -0.2) is 38.3 Å². The molecule has 0 atom stereocenters. The van der Waals surface area contributed by atoms with Crippen LogP contribution >= 0.6 is 0 Å². The predicted molar refractivity (Wildman–Crippen MR) is 90.5 cm³/mol. The Balaban J connectivity index is 1.99. The van der Waals surface area contributed by atoms with Gasteiger partial charge in [0.2, 0.25) is 15.9 Å². The minimum Gasteiger partial charge on any atom is -0.356 e. The van der Waals surface area contributed by atoms with E-state index < -0.39 is 10.0 Å². The van der Waals surface area contributed by atoms with Gasteiger partial charge in [-0.1, -0.05) is 32.0 Å². The molecular formula is C17H26N2O3S. The highest BCUT2D eigenvalue weighted by Gasteiger charge is 2.32. The second-order valence-electron chi connectivity index (χ2n) is 6.58. The van der Waals surface area contributed by atoms with Crippen molar-refractivity contribution in [3.8, 4) is 0 Å². The van der Waals surface area contributed by atoms with Gasteiger partial charge in [0.15, 0.2) is 0 Å². The molecule has 1 amide bonds. The number of hydrogen-bond donors (Lipinski definition) is 1. The average molecular weight is 338 g/mol. The second-order valence-corrected chi connectivity index (χ2v) is 8.49. The van der Waals surface area contributed by atoms with Crippen LogP contribution in [0.5, 0.6) is 0 Å². The molecule has 1 aromatic rings. The van der Waals surface area contributed by atoms with E-state index in [1.165, 1.54) is 4.31 Å². The fraction of sp³-hybridized carbons (Fsp3) is 0.588. The van der Waals surface area contributed by atoms with E-state index in [-0.39, 0.29) is 11.8 Å². The number of hydrogen-bond acceptors (Lipinski definition) is 3. The van der Waals surface area contributed by atoms with E-state index in [0.29, 0.717) is 43.3 Å². The number of amides is 1. The number of aryl methyl sites for hydroxylation is 1. The number of rotatable bonds is 5. The molecule has 2 rings (SSSR count). The molecule has 0 unspecified atom stereocenters. The molecule has 0 aromatic heterocycles. The normalized spacial score (nSPS) is 17.4. The highest BCUT2D eigenvalue weighted by Crippen LogP contribution is 2.25. The minimum absolute atomic E-state index is 0.0478. The molecule has 0 aliphatic carbocycles. The van der Waals surface area contributed by atoms with Crippen LogP contribution in [-0.2, 0) is 14.8 Å². The summed E-state index contributed by atoms with van der Waals surface area (Å²) in [5.41, 5.74) is 0.754. The molecule has 23 heavy (non-hydrogen) atoms. The molecule has 1 fully saturated rings. The molecule has 5 nitrogen and oxygen atoms in total. The maximum absolute atomic E-state index is 12.7. The van der Waals surface area contributed by atoms with Crippen LogP contribution in [0.4, 0.5) is 0 Å². The zero-order valence-corrected chi connectivity index (χ0v) is 14.9. The van der Waals surface area contributed by atoms with E-state index >= 15 is 0 Å². The molecule has 0 saturated carbocycles. The third-order valence-electron chi connectivity index (χ3n) is 4.22. The number of nitrogens with one attached hydrogen (secondary N) is 1. The third-order valence-corrected chi connectivity index (χ3v) is 6.28. The van der Waals surface area contributed by atoms with Gasteiger partial charge in [-0.05, 0) is 37.3 Å². The summed E-state index contributed by atoms with van der Waals surface area (Å²) in [6.07, 6.45) is 1.16. The topological polar surface area (TPSA) is 66.5 Å². The van der Waals surface area contributed by atoms with Gasteiger partial charge in [-0.2, -0.15) is 4.31 Å². The lowest BCUT2D eigenvalue weighted by molar-refractivity contribution is -0.126. The van der Waals surface area contributed by atoms with Crippen LogP contribution in [0.15, 0.2) is 29.2 Å².